The minimum Gasteiger partial charge on any atom is -0.345 e. The predicted molar refractivity (Wildman–Crippen MR) is 114 cm³/mol. The Morgan fingerprint density at radius 1 is 0.972 bits per heavy atom. The molecule has 0 aliphatic heterocycles. The minimum atomic E-state index is -5.09. The van der Waals surface area contributed by atoms with Crippen molar-refractivity contribution >= 4 is 11.8 Å². The van der Waals surface area contributed by atoms with Gasteiger partial charge in [-0.2, -0.15) is 31.0 Å². The molecule has 0 bridgehead atoms. The summed E-state index contributed by atoms with van der Waals surface area (Å²) < 4.78 is 80.1. The lowest BCUT2D eigenvalue weighted by Crippen LogP contribution is -2.29. The first-order chi connectivity index (χ1) is 16.6. The Morgan fingerprint density at radius 3 is 2.03 bits per heavy atom. The second-order valence-electron chi connectivity index (χ2n) is 8.02. The molecule has 0 aliphatic carbocycles. The summed E-state index contributed by atoms with van der Waals surface area (Å²) in [6.45, 7) is 2.97. The third-order valence-corrected chi connectivity index (χ3v) is 4.94. The Balaban J connectivity index is 1.91. The van der Waals surface area contributed by atoms with Crippen LogP contribution in [0.25, 0.3) is 5.82 Å². The molecule has 192 valence electrons. The smallest absolute Gasteiger partial charge is 0.345 e. The van der Waals surface area contributed by atoms with Gasteiger partial charge < -0.3 is 10.2 Å². The fourth-order valence-electron chi connectivity index (χ4n) is 3.21. The Hall–Kier alpha value is -3.97. The number of aryl methyl sites for hydroxylation is 1. The Bertz CT molecular complexity index is 1250. The van der Waals surface area contributed by atoms with E-state index in [1.807, 2.05) is 0 Å². The number of nitrogens with one attached hydrogen (secondary N) is 1. The van der Waals surface area contributed by atoms with Gasteiger partial charge in [0.1, 0.15) is 5.82 Å². The molecule has 0 aliphatic rings. The van der Waals surface area contributed by atoms with Crippen LogP contribution in [-0.4, -0.2) is 50.6 Å². The summed E-state index contributed by atoms with van der Waals surface area (Å²) in [7, 11) is 3.14. The Kier molecular flexibility index (Phi) is 7.09. The number of rotatable bonds is 5. The molecule has 0 spiro atoms. The lowest BCUT2D eigenvalue weighted by molar-refractivity contribution is -0.143. The van der Waals surface area contributed by atoms with E-state index in [9.17, 15) is 35.9 Å². The largest absolute Gasteiger partial charge is 0.416 e. The number of carbonyl (C=O) groups excluding carboxylic acids is 2. The van der Waals surface area contributed by atoms with Crippen LogP contribution in [0.1, 0.15) is 56.5 Å². The fraction of sp³-hybridized carbons (Fsp3) is 0.318. The van der Waals surface area contributed by atoms with E-state index in [0.717, 1.165) is 0 Å². The standard InChI is InChI=1S/C22H20F6N6O2/c1-11(30-19(35)14-7-15(21(23,24)25)9-16(8-14)22(26,27)28)18-31-12(2)32-34(18)17-6-5-13(10-29-17)20(36)33(3)4/h5-11H,1-4H3,(H,30,35)/t11-/m0/s1. The van der Waals surface area contributed by atoms with E-state index in [0.29, 0.717) is 17.7 Å². The predicted octanol–water partition coefficient (Wildman–Crippen LogP) is 4.20. The van der Waals surface area contributed by atoms with Crippen LogP contribution in [0.4, 0.5) is 26.3 Å². The lowest BCUT2D eigenvalue weighted by Gasteiger charge is -2.17. The van der Waals surface area contributed by atoms with Gasteiger partial charge in [0, 0.05) is 25.9 Å². The van der Waals surface area contributed by atoms with Gasteiger partial charge in [-0.25, -0.2) is 9.97 Å². The molecule has 1 N–H and O–H groups in total. The maximum absolute atomic E-state index is 13.1. The number of pyridine rings is 1. The third-order valence-electron chi connectivity index (χ3n) is 4.94. The van der Waals surface area contributed by atoms with Crippen LogP contribution < -0.4 is 5.32 Å². The number of hydrogen-bond donors (Lipinski definition) is 1. The first kappa shape index (κ1) is 26.6. The number of aromatic nitrogens is 4. The summed E-state index contributed by atoms with van der Waals surface area (Å²) in [6.07, 6.45) is -8.88. The SMILES string of the molecule is Cc1nc([C@H](C)NC(=O)c2cc(C(F)(F)F)cc(C(F)(F)F)c2)n(-c2ccc(C(=O)N(C)C)cn2)n1. The molecular formula is C22H20F6N6O2. The van der Waals surface area contributed by atoms with Crippen molar-refractivity contribution in [2.75, 3.05) is 14.1 Å². The first-order valence-electron chi connectivity index (χ1n) is 10.3. The van der Waals surface area contributed by atoms with Gasteiger partial charge >= 0.3 is 12.4 Å². The number of benzene rings is 1. The van der Waals surface area contributed by atoms with Crippen molar-refractivity contribution in [1.82, 2.24) is 30.0 Å². The Morgan fingerprint density at radius 2 is 1.56 bits per heavy atom. The maximum Gasteiger partial charge on any atom is 0.416 e. The highest BCUT2D eigenvalue weighted by Crippen LogP contribution is 2.36. The van der Waals surface area contributed by atoms with Crippen LogP contribution in [0.3, 0.4) is 0 Å². The molecule has 0 saturated carbocycles. The van der Waals surface area contributed by atoms with E-state index in [1.165, 1.54) is 34.8 Å². The maximum atomic E-state index is 13.1. The molecule has 2 heterocycles. The molecule has 1 atom stereocenters. The third kappa shape index (κ3) is 5.80. The number of halogens is 6. The van der Waals surface area contributed by atoms with Crippen LogP contribution in [0.5, 0.6) is 0 Å². The molecule has 3 aromatic rings. The van der Waals surface area contributed by atoms with E-state index in [4.69, 9.17) is 0 Å². The zero-order valence-corrected chi connectivity index (χ0v) is 19.4. The first-order valence-corrected chi connectivity index (χ1v) is 10.3. The van der Waals surface area contributed by atoms with Crippen molar-refractivity contribution in [3.8, 4) is 5.82 Å². The summed E-state index contributed by atoms with van der Waals surface area (Å²) in [6, 6.07) is 2.61. The molecule has 3 rings (SSSR count). The van der Waals surface area contributed by atoms with Crippen LogP contribution in [0, 0.1) is 6.92 Å². The van der Waals surface area contributed by atoms with Gasteiger partial charge in [0.2, 0.25) is 0 Å². The highest BCUT2D eigenvalue weighted by molar-refractivity contribution is 5.95. The normalized spacial score (nSPS) is 12.8. The second kappa shape index (κ2) is 9.59. The van der Waals surface area contributed by atoms with Gasteiger partial charge in [0.15, 0.2) is 11.6 Å². The average molecular weight is 514 g/mol. The van der Waals surface area contributed by atoms with Gasteiger partial charge in [-0.05, 0) is 44.2 Å². The van der Waals surface area contributed by atoms with Crippen molar-refractivity contribution in [3.63, 3.8) is 0 Å². The molecule has 2 aromatic heterocycles. The van der Waals surface area contributed by atoms with Gasteiger partial charge in [0.25, 0.3) is 11.8 Å². The van der Waals surface area contributed by atoms with Crippen molar-refractivity contribution in [1.29, 1.82) is 0 Å². The second-order valence-corrected chi connectivity index (χ2v) is 8.02. The fourth-order valence-corrected chi connectivity index (χ4v) is 3.21. The number of amides is 2. The lowest BCUT2D eigenvalue weighted by atomic mass is 10.0. The monoisotopic (exact) mass is 514 g/mol. The summed E-state index contributed by atoms with van der Waals surface area (Å²) in [5, 5.41) is 6.54. The van der Waals surface area contributed by atoms with Crippen LogP contribution >= 0.6 is 0 Å². The van der Waals surface area contributed by atoms with Gasteiger partial charge in [-0.15, -0.1) is 5.10 Å². The van der Waals surface area contributed by atoms with Crippen LogP contribution in [0.15, 0.2) is 36.5 Å². The van der Waals surface area contributed by atoms with E-state index < -0.39 is 41.0 Å². The summed E-state index contributed by atoms with van der Waals surface area (Å²) in [5.41, 5.74) is -3.73. The highest BCUT2D eigenvalue weighted by Gasteiger charge is 2.37. The molecule has 1 aromatic carbocycles. The van der Waals surface area contributed by atoms with E-state index in [2.05, 4.69) is 20.4 Å². The molecule has 14 heteroatoms. The van der Waals surface area contributed by atoms with Crippen molar-refractivity contribution in [3.05, 3.63) is 70.4 Å². The minimum absolute atomic E-state index is 0.0590. The molecule has 0 saturated heterocycles. The van der Waals surface area contributed by atoms with Gasteiger partial charge in [0.05, 0.1) is 22.7 Å². The average Bonchev–Trinajstić information content (AvgIpc) is 3.19. The van der Waals surface area contributed by atoms with Gasteiger partial charge in [-0.3, -0.25) is 9.59 Å². The summed E-state index contributed by atoms with van der Waals surface area (Å²) in [4.78, 5) is 34.5. The number of hydrogen-bond acceptors (Lipinski definition) is 5. The molecule has 0 unspecified atom stereocenters. The molecule has 36 heavy (non-hydrogen) atoms. The number of alkyl halides is 6. The zero-order chi connectivity index (χ0) is 27.0. The molecule has 0 fully saturated rings. The Labute approximate surface area is 201 Å². The van der Waals surface area contributed by atoms with E-state index in [-0.39, 0.29) is 29.4 Å². The molecular weight excluding hydrogens is 494 g/mol. The molecule has 0 radical (unpaired) electrons. The van der Waals surface area contributed by atoms with E-state index in [1.54, 1.807) is 21.0 Å². The molecule has 2 amide bonds. The van der Waals surface area contributed by atoms with Crippen molar-refractivity contribution in [2.24, 2.45) is 0 Å². The zero-order valence-electron chi connectivity index (χ0n) is 19.4. The highest BCUT2D eigenvalue weighted by atomic mass is 19.4. The summed E-state index contributed by atoms with van der Waals surface area (Å²) >= 11 is 0. The van der Waals surface area contributed by atoms with Crippen molar-refractivity contribution < 1.29 is 35.9 Å². The van der Waals surface area contributed by atoms with Crippen LogP contribution in [0.2, 0.25) is 0 Å². The van der Waals surface area contributed by atoms with Crippen LogP contribution in [-0.2, 0) is 12.4 Å². The molecule has 8 nitrogen and oxygen atoms in total. The number of nitrogens with zero attached hydrogens (tertiary/aromatic N) is 5. The van der Waals surface area contributed by atoms with Gasteiger partial charge in [-0.1, -0.05) is 0 Å². The quantitative estimate of drug-likeness (QED) is 0.516. The topological polar surface area (TPSA) is 93.0 Å². The van der Waals surface area contributed by atoms with E-state index >= 15 is 0 Å². The van der Waals surface area contributed by atoms with Crippen molar-refractivity contribution in [2.45, 2.75) is 32.2 Å². The summed E-state index contributed by atoms with van der Waals surface area (Å²) in [5.74, 6) is -0.863. The number of carbonyl (C=O) groups is 2.